The minimum Gasteiger partial charge on any atom is -0.493 e. The number of rotatable bonds is 5. The van der Waals surface area contributed by atoms with E-state index in [0.717, 1.165) is 4.68 Å². The fraction of sp³-hybridized carbons (Fsp3) is 0.125. The summed E-state index contributed by atoms with van der Waals surface area (Å²) in [6.45, 7) is 0. The van der Waals surface area contributed by atoms with Gasteiger partial charge in [-0.25, -0.2) is 9.18 Å². The number of halogens is 1. The monoisotopic (exact) mass is 332 g/mol. The molecule has 0 amide bonds. The molecule has 0 fully saturated rings. The topological polar surface area (TPSA) is 75.7 Å². The number of aromatic nitrogens is 2. The molecule has 0 bridgehead atoms. The Morgan fingerprint density at radius 3 is 2.54 bits per heavy atom. The van der Waals surface area contributed by atoms with Crippen molar-refractivity contribution in [2.24, 2.45) is 0 Å². The van der Waals surface area contributed by atoms with Crippen molar-refractivity contribution in [3.8, 4) is 29.0 Å². The molecule has 1 aromatic heterocycles. The van der Waals surface area contributed by atoms with E-state index in [0.29, 0.717) is 17.2 Å². The second-order valence-corrected chi connectivity index (χ2v) is 4.62. The number of hydrogen-bond donors (Lipinski definition) is 0. The quantitative estimate of drug-likeness (QED) is 0.715. The maximum atomic E-state index is 13.8. The Hall–Kier alpha value is -3.29. The zero-order chi connectivity index (χ0) is 17.1. The summed E-state index contributed by atoms with van der Waals surface area (Å²) in [5.41, 5.74) is -0.0339. The van der Waals surface area contributed by atoms with Gasteiger partial charge in [-0.15, -0.1) is 0 Å². The zero-order valence-electron chi connectivity index (χ0n) is 12.9. The minimum atomic E-state index is -0.865. The van der Waals surface area contributed by atoms with Crippen LogP contribution in [-0.4, -0.2) is 24.0 Å². The van der Waals surface area contributed by atoms with Crippen LogP contribution in [0.1, 0.15) is 0 Å². The molecule has 0 aliphatic carbocycles. The summed E-state index contributed by atoms with van der Waals surface area (Å²) in [5.74, 6) is -0.204. The first-order chi connectivity index (χ1) is 11.6. The molecule has 0 saturated carbocycles. The highest BCUT2D eigenvalue weighted by molar-refractivity contribution is 5.46. The number of para-hydroxylation sites is 1. The molecule has 0 aliphatic rings. The normalized spacial score (nSPS) is 10.5. The molecule has 0 radical (unpaired) electrons. The lowest BCUT2D eigenvalue weighted by Crippen LogP contribution is -2.14. The molecule has 1 heterocycles. The Bertz CT molecular complexity index is 919. The second-order valence-electron chi connectivity index (χ2n) is 4.62. The summed E-state index contributed by atoms with van der Waals surface area (Å²) < 4.78 is 35.1. The number of methoxy groups -OCH3 is 2. The third kappa shape index (κ3) is 2.94. The van der Waals surface area contributed by atoms with Gasteiger partial charge in [-0.05, 0) is 24.3 Å². The van der Waals surface area contributed by atoms with Crippen LogP contribution in [0, 0.1) is 5.82 Å². The summed E-state index contributed by atoms with van der Waals surface area (Å²) in [4.78, 5) is 11.8. The maximum Gasteiger partial charge on any atom is 0.444 e. The maximum absolute atomic E-state index is 13.8. The molecule has 24 heavy (non-hydrogen) atoms. The van der Waals surface area contributed by atoms with E-state index < -0.39 is 11.6 Å². The number of ether oxygens (including phenoxy) is 3. The molecule has 124 valence electrons. The Labute approximate surface area is 135 Å². The summed E-state index contributed by atoms with van der Waals surface area (Å²) in [7, 11) is 2.99. The Morgan fingerprint density at radius 1 is 1.08 bits per heavy atom. The van der Waals surface area contributed by atoms with Crippen LogP contribution in [0.15, 0.2) is 51.7 Å². The number of nitrogens with zero attached hydrogens (tertiary/aromatic N) is 2. The van der Waals surface area contributed by atoms with Crippen molar-refractivity contribution in [2.75, 3.05) is 14.2 Å². The van der Waals surface area contributed by atoms with E-state index in [-0.39, 0.29) is 11.8 Å². The summed E-state index contributed by atoms with van der Waals surface area (Å²) in [6.07, 6.45) is -0.324. The van der Waals surface area contributed by atoms with E-state index in [2.05, 4.69) is 5.10 Å². The first kappa shape index (κ1) is 15.6. The van der Waals surface area contributed by atoms with Gasteiger partial charge in [0.05, 0.1) is 14.2 Å². The van der Waals surface area contributed by atoms with Gasteiger partial charge in [-0.2, -0.15) is 4.68 Å². The number of benzene rings is 2. The van der Waals surface area contributed by atoms with Crippen molar-refractivity contribution in [1.29, 1.82) is 0 Å². The highest BCUT2D eigenvalue weighted by Crippen LogP contribution is 2.32. The second kappa shape index (κ2) is 6.45. The molecule has 3 rings (SSSR count). The molecule has 0 atom stereocenters. The van der Waals surface area contributed by atoms with Gasteiger partial charge in [0.1, 0.15) is 17.3 Å². The predicted molar refractivity (Wildman–Crippen MR) is 81.7 cm³/mol. The highest BCUT2D eigenvalue weighted by Gasteiger charge is 2.15. The lowest BCUT2D eigenvalue weighted by atomic mass is 10.3. The standard InChI is InChI=1S/C16H13FN2O5/c1-21-13-8-7-10(9-14(13)22-2)23-15-18-19(16(20)24-15)12-6-4-3-5-11(12)17/h3-9H,1-2H3. The van der Waals surface area contributed by atoms with Gasteiger partial charge in [-0.3, -0.25) is 0 Å². The fourth-order valence-electron chi connectivity index (χ4n) is 2.06. The van der Waals surface area contributed by atoms with Crippen LogP contribution in [0.25, 0.3) is 5.69 Å². The third-order valence-corrected chi connectivity index (χ3v) is 3.17. The van der Waals surface area contributed by atoms with E-state index in [9.17, 15) is 9.18 Å². The predicted octanol–water partition coefficient (Wildman–Crippen LogP) is 2.77. The van der Waals surface area contributed by atoms with Gasteiger partial charge < -0.3 is 18.6 Å². The van der Waals surface area contributed by atoms with Crippen LogP contribution in [-0.2, 0) is 0 Å². The van der Waals surface area contributed by atoms with E-state index in [1.165, 1.54) is 32.4 Å². The van der Waals surface area contributed by atoms with Gasteiger partial charge in [0.15, 0.2) is 11.5 Å². The van der Waals surface area contributed by atoms with Gasteiger partial charge in [0.25, 0.3) is 0 Å². The van der Waals surface area contributed by atoms with Crippen LogP contribution in [0.5, 0.6) is 23.3 Å². The average Bonchev–Trinajstić information content (AvgIpc) is 2.95. The van der Waals surface area contributed by atoms with Crippen LogP contribution in [0.4, 0.5) is 4.39 Å². The highest BCUT2D eigenvalue weighted by atomic mass is 19.1. The van der Waals surface area contributed by atoms with E-state index in [1.54, 1.807) is 24.3 Å². The van der Waals surface area contributed by atoms with Gasteiger partial charge in [-0.1, -0.05) is 17.2 Å². The summed E-state index contributed by atoms with van der Waals surface area (Å²) in [5, 5.41) is 3.84. The van der Waals surface area contributed by atoms with E-state index in [1.807, 2.05) is 0 Å². The van der Waals surface area contributed by atoms with Crippen molar-refractivity contribution >= 4 is 0 Å². The Morgan fingerprint density at radius 2 is 1.83 bits per heavy atom. The molecule has 7 nitrogen and oxygen atoms in total. The molecule has 0 N–H and O–H groups in total. The van der Waals surface area contributed by atoms with E-state index in [4.69, 9.17) is 18.6 Å². The third-order valence-electron chi connectivity index (χ3n) is 3.17. The SMILES string of the molecule is COc1ccc(Oc2nn(-c3ccccc3F)c(=O)o2)cc1OC. The molecule has 3 aromatic rings. The van der Waals surface area contributed by atoms with Crippen LogP contribution in [0.3, 0.4) is 0 Å². The molecular weight excluding hydrogens is 319 g/mol. The van der Waals surface area contributed by atoms with Crippen LogP contribution < -0.4 is 20.0 Å². The van der Waals surface area contributed by atoms with E-state index >= 15 is 0 Å². The molecule has 2 aromatic carbocycles. The average molecular weight is 332 g/mol. The first-order valence-electron chi connectivity index (χ1n) is 6.87. The minimum absolute atomic E-state index is 0.0339. The largest absolute Gasteiger partial charge is 0.493 e. The zero-order valence-corrected chi connectivity index (χ0v) is 12.9. The summed E-state index contributed by atoms with van der Waals surface area (Å²) in [6, 6.07) is 10.5. The van der Waals surface area contributed by atoms with Gasteiger partial charge >= 0.3 is 11.8 Å². The van der Waals surface area contributed by atoms with Crippen molar-refractivity contribution in [1.82, 2.24) is 9.78 Å². The van der Waals surface area contributed by atoms with Crippen molar-refractivity contribution < 1.29 is 23.0 Å². The first-order valence-corrected chi connectivity index (χ1v) is 6.87. The van der Waals surface area contributed by atoms with Gasteiger partial charge in [0, 0.05) is 6.07 Å². The van der Waals surface area contributed by atoms with Gasteiger partial charge in [0.2, 0.25) is 0 Å². The molecule has 0 unspecified atom stereocenters. The number of hydrogen-bond acceptors (Lipinski definition) is 6. The lowest BCUT2D eigenvalue weighted by Gasteiger charge is -2.08. The van der Waals surface area contributed by atoms with Crippen molar-refractivity contribution in [3.05, 3.63) is 58.8 Å². The van der Waals surface area contributed by atoms with Crippen molar-refractivity contribution in [2.45, 2.75) is 0 Å². The van der Waals surface area contributed by atoms with Crippen LogP contribution in [0.2, 0.25) is 0 Å². The molecule has 0 spiro atoms. The van der Waals surface area contributed by atoms with Crippen molar-refractivity contribution in [3.63, 3.8) is 0 Å². The molecule has 0 aliphatic heterocycles. The fourth-order valence-corrected chi connectivity index (χ4v) is 2.06. The van der Waals surface area contributed by atoms with Crippen LogP contribution >= 0.6 is 0 Å². The Balaban J connectivity index is 1.91. The molecule has 8 heteroatoms. The molecule has 0 saturated heterocycles. The smallest absolute Gasteiger partial charge is 0.444 e. The molecular formula is C16H13FN2O5. The Kier molecular flexibility index (Phi) is 4.19. The lowest BCUT2D eigenvalue weighted by molar-refractivity contribution is 0.315. The summed E-state index contributed by atoms with van der Waals surface area (Å²) >= 11 is 0.